The molecular formula is C16H14ClNO2S. The fourth-order valence-electron chi connectivity index (χ4n) is 2.18. The molecule has 108 valence electrons. The van der Waals surface area contributed by atoms with E-state index >= 15 is 0 Å². The predicted molar refractivity (Wildman–Crippen MR) is 86.8 cm³/mol. The molecular weight excluding hydrogens is 306 g/mol. The Hall–Kier alpha value is -1.78. The molecule has 0 atom stereocenters. The van der Waals surface area contributed by atoms with Crippen LogP contribution in [0.5, 0.6) is 5.75 Å². The highest BCUT2D eigenvalue weighted by molar-refractivity contribution is 7.13. The summed E-state index contributed by atoms with van der Waals surface area (Å²) in [7, 11) is 0. The largest absolute Gasteiger partial charge is 0.494 e. The van der Waals surface area contributed by atoms with Gasteiger partial charge in [0.1, 0.15) is 5.75 Å². The summed E-state index contributed by atoms with van der Waals surface area (Å²) >= 11 is 7.41. The average Bonchev–Trinajstić information content (AvgIpc) is 3.10. The monoisotopic (exact) mass is 319 g/mol. The zero-order valence-corrected chi connectivity index (χ0v) is 13.1. The van der Waals surface area contributed by atoms with Crippen molar-refractivity contribution in [3.8, 4) is 5.75 Å². The molecule has 0 saturated carbocycles. The molecule has 0 aliphatic carbocycles. The maximum Gasteiger partial charge on any atom is 0.206 e. The second-order valence-corrected chi connectivity index (χ2v) is 6.01. The van der Waals surface area contributed by atoms with Crippen LogP contribution in [0.25, 0.3) is 10.9 Å². The van der Waals surface area contributed by atoms with Gasteiger partial charge in [0.15, 0.2) is 0 Å². The number of ether oxygens (including phenoxy) is 1. The molecule has 1 N–H and O–H groups in total. The summed E-state index contributed by atoms with van der Waals surface area (Å²) < 4.78 is 5.63. The minimum absolute atomic E-state index is 0.0612. The first-order chi connectivity index (χ1) is 10.2. The van der Waals surface area contributed by atoms with Crippen LogP contribution >= 0.6 is 22.9 Å². The number of ketones is 1. The average molecular weight is 320 g/mol. The maximum atomic E-state index is 12.6. The molecule has 2 heterocycles. The molecule has 3 rings (SSSR count). The summed E-state index contributed by atoms with van der Waals surface area (Å²) in [5.74, 6) is 0.712. The number of hydrogen-bond acceptors (Lipinski definition) is 3. The Morgan fingerprint density at radius 3 is 2.95 bits per heavy atom. The minimum Gasteiger partial charge on any atom is -0.494 e. The second kappa shape index (κ2) is 5.92. The van der Waals surface area contributed by atoms with E-state index in [2.05, 4.69) is 11.9 Å². The summed E-state index contributed by atoms with van der Waals surface area (Å²) in [6, 6.07) is 7.47. The highest BCUT2D eigenvalue weighted by atomic mass is 35.5. The van der Waals surface area contributed by atoms with E-state index in [1.54, 1.807) is 12.3 Å². The number of rotatable bonds is 5. The molecule has 0 saturated heterocycles. The van der Waals surface area contributed by atoms with E-state index in [0.29, 0.717) is 22.1 Å². The maximum absolute atomic E-state index is 12.6. The molecule has 0 radical (unpaired) electrons. The zero-order chi connectivity index (χ0) is 14.8. The Morgan fingerprint density at radius 1 is 1.38 bits per heavy atom. The van der Waals surface area contributed by atoms with E-state index in [1.807, 2.05) is 23.6 Å². The molecule has 3 aromatic rings. The van der Waals surface area contributed by atoms with Gasteiger partial charge in [-0.05, 0) is 36.1 Å². The number of halogens is 1. The van der Waals surface area contributed by atoms with Crippen molar-refractivity contribution in [1.29, 1.82) is 0 Å². The first-order valence-corrected chi connectivity index (χ1v) is 7.98. The van der Waals surface area contributed by atoms with E-state index in [1.165, 1.54) is 11.3 Å². The molecule has 0 fully saturated rings. The fraction of sp³-hybridized carbons (Fsp3) is 0.188. The van der Waals surface area contributed by atoms with Crippen molar-refractivity contribution in [2.45, 2.75) is 13.3 Å². The van der Waals surface area contributed by atoms with Crippen molar-refractivity contribution in [3.05, 3.63) is 51.3 Å². The number of aromatic nitrogens is 1. The summed E-state index contributed by atoms with van der Waals surface area (Å²) in [6.07, 6.45) is 2.68. The van der Waals surface area contributed by atoms with Crippen LogP contribution in [-0.2, 0) is 0 Å². The van der Waals surface area contributed by atoms with Gasteiger partial charge in [0.25, 0.3) is 0 Å². The van der Waals surface area contributed by atoms with E-state index in [-0.39, 0.29) is 5.78 Å². The van der Waals surface area contributed by atoms with Crippen molar-refractivity contribution in [2.24, 2.45) is 0 Å². The molecule has 21 heavy (non-hydrogen) atoms. The number of carbonyl (C=O) groups is 1. The first-order valence-electron chi connectivity index (χ1n) is 6.72. The molecule has 0 unspecified atom stereocenters. The quantitative estimate of drug-likeness (QED) is 0.679. The lowest BCUT2D eigenvalue weighted by molar-refractivity contribution is 0.104. The van der Waals surface area contributed by atoms with Crippen LogP contribution in [0.2, 0.25) is 5.02 Å². The molecule has 1 aromatic carbocycles. The smallest absolute Gasteiger partial charge is 0.206 e. The summed E-state index contributed by atoms with van der Waals surface area (Å²) in [5.41, 5.74) is 1.53. The standard InChI is InChI=1S/C16H14ClNO2S/c1-2-6-20-10-3-4-14-11(8-10)12(9-18-14)15(19)16-13(17)5-7-21-16/h3-5,7-9,18H,2,6H2,1H3. The van der Waals surface area contributed by atoms with Crippen molar-refractivity contribution < 1.29 is 9.53 Å². The number of H-pyrrole nitrogens is 1. The van der Waals surface area contributed by atoms with Crippen LogP contribution in [0.15, 0.2) is 35.8 Å². The van der Waals surface area contributed by atoms with E-state index < -0.39 is 0 Å². The molecule has 0 aliphatic rings. The van der Waals surface area contributed by atoms with Crippen molar-refractivity contribution in [1.82, 2.24) is 4.98 Å². The number of nitrogens with one attached hydrogen (secondary N) is 1. The van der Waals surface area contributed by atoms with E-state index in [4.69, 9.17) is 16.3 Å². The lowest BCUT2D eigenvalue weighted by Crippen LogP contribution is -1.98. The molecule has 0 amide bonds. The summed E-state index contributed by atoms with van der Waals surface area (Å²) in [5, 5.41) is 3.18. The predicted octanol–water partition coefficient (Wildman–Crippen LogP) is 4.90. The van der Waals surface area contributed by atoms with Gasteiger partial charge in [-0.1, -0.05) is 18.5 Å². The van der Waals surface area contributed by atoms with Gasteiger partial charge < -0.3 is 9.72 Å². The second-order valence-electron chi connectivity index (χ2n) is 4.68. The van der Waals surface area contributed by atoms with Gasteiger partial charge in [0.05, 0.1) is 16.5 Å². The van der Waals surface area contributed by atoms with Crippen molar-refractivity contribution >= 4 is 39.6 Å². The van der Waals surface area contributed by atoms with Gasteiger partial charge in [-0.15, -0.1) is 11.3 Å². The normalized spacial score (nSPS) is 11.0. The van der Waals surface area contributed by atoms with E-state index in [0.717, 1.165) is 23.1 Å². The Labute approximate surface area is 131 Å². The fourth-order valence-corrected chi connectivity index (χ4v) is 3.27. The Balaban J connectivity index is 2.02. The van der Waals surface area contributed by atoms with Gasteiger partial charge in [0, 0.05) is 22.7 Å². The van der Waals surface area contributed by atoms with Crippen LogP contribution in [-0.4, -0.2) is 17.4 Å². The number of thiophene rings is 1. The van der Waals surface area contributed by atoms with Crippen LogP contribution in [0.1, 0.15) is 28.6 Å². The minimum atomic E-state index is -0.0612. The third-order valence-corrected chi connectivity index (χ3v) is 4.53. The van der Waals surface area contributed by atoms with Gasteiger partial charge in [-0.25, -0.2) is 0 Å². The third kappa shape index (κ3) is 2.69. The molecule has 5 heteroatoms. The van der Waals surface area contributed by atoms with Gasteiger partial charge in [-0.2, -0.15) is 0 Å². The third-order valence-electron chi connectivity index (χ3n) is 3.19. The van der Waals surface area contributed by atoms with Gasteiger partial charge >= 0.3 is 0 Å². The summed E-state index contributed by atoms with van der Waals surface area (Å²) in [6.45, 7) is 2.72. The highest BCUT2D eigenvalue weighted by Crippen LogP contribution is 2.30. The number of fused-ring (bicyclic) bond motifs is 1. The van der Waals surface area contributed by atoms with Crippen molar-refractivity contribution in [3.63, 3.8) is 0 Å². The van der Waals surface area contributed by atoms with E-state index in [9.17, 15) is 4.79 Å². The van der Waals surface area contributed by atoms with Crippen LogP contribution in [0.4, 0.5) is 0 Å². The van der Waals surface area contributed by atoms with Crippen LogP contribution in [0, 0.1) is 0 Å². The molecule has 0 bridgehead atoms. The topological polar surface area (TPSA) is 42.1 Å². The van der Waals surface area contributed by atoms with Gasteiger partial charge in [0.2, 0.25) is 5.78 Å². The Morgan fingerprint density at radius 2 is 2.24 bits per heavy atom. The molecule has 3 nitrogen and oxygen atoms in total. The van der Waals surface area contributed by atoms with Crippen LogP contribution in [0.3, 0.4) is 0 Å². The first kappa shape index (κ1) is 14.2. The number of carbonyl (C=O) groups excluding carboxylic acids is 1. The van der Waals surface area contributed by atoms with Crippen LogP contribution < -0.4 is 4.74 Å². The number of aromatic amines is 1. The highest BCUT2D eigenvalue weighted by Gasteiger charge is 2.18. The lowest BCUT2D eigenvalue weighted by atomic mass is 10.1. The number of hydrogen-bond donors (Lipinski definition) is 1. The van der Waals surface area contributed by atoms with Crippen molar-refractivity contribution in [2.75, 3.05) is 6.61 Å². The lowest BCUT2D eigenvalue weighted by Gasteiger charge is -2.05. The Kier molecular flexibility index (Phi) is 3.99. The summed E-state index contributed by atoms with van der Waals surface area (Å²) in [4.78, 5) is 16.3. The molecule has 2 aromatic heterocycles. The SMILES string of the molecule is CCCOc1ccc2[nH]cc(C(=O)c3sccc3Cl)c2c1. The Bertz CT molecular complexity index is 791. The molecule has 0 spiro atoms. The van der Waals surface area contributed by atoms with Gasteiger partial charge in [-0.3, -0.25) is 4.79 Å². The molecule has 0 aliphatic heterocycles. The number of benzene rings is 1. The zero-order valence-electron chi connectivity index (χ0n) is 11.5.